The number of hydrogen-bond donors (Lipinski definition) is 0. The largest absolute Gasteiger partial charge is 0.418 e. The number of hydrogen-bond acceptors (Lipinski definition) is 2. The average molecular weight is 274 g/mol. The van der Waals surface area contributed by atoms with Crippen LogP contribution in [-0.4, -0.2) is 10.2 Å². The van der Waals surface area contributed by atoms with Crippen molar-refractivity contribution < 1.29 is 13.2 Å². The molecule has 0 N–H and O–H groups in total. The summed E-state index contributed by atoms with van der Waals surface area (Å²) in [7, 11) is 0. The van der Waals surface area contributed by atoms with Gasteiger partial charge in [0.1, 0.15) is 3.70 Å². The summed E-state index contributed by atoms with van der Waals surface area (Å²) < 4.78 is 35.9. The molecular weight excluding hydrogens is 272 g/mol. The van der Waals surface area contributed by atoms with Gasteiger partial charge in [-0.05, 0) is 28.7 Å². The number of aromatic nitrogens is 2. The fraction of sp³-hybridized carbons (Fsp3) is 0.200. The highest BCUT2D eigenvalue weighted by molar-refractivity contribution is 14.1. The fourth-order valence-corrected chi connectivity index (χ4v) is 0.956. The number of alkyl halides is 3. The molecule has 60 valence electrons. The van der Waals surface area contributed by atoms with Crippen molar-refractivity contribution in [1.82, 2.24) is 10.2 Å². The Balaban J connectivity index is 3.06. The molecule has 0 unspecified atom stereocenters. The Kier molecular flexibility index (Phi) is 2.31. The van der Waals surface area contributed by atoms with Gasteiger partial charge in [-0.1, -0.05) is 0 Å². The molecule has 0 aliphatic carbocycles. The SMILES string of the molecule is FC(F)(F)c1cnnc(I)c1. The Morgan fingerprint density at radius 1 is 1.36 bits per heavy atom. The highest BCUT2D eigenvalue weighted by Crippen LogP contribution is 2.28. The molecule has 0 saturated heterocycles. The number of halogens is 4. The van der Waals surface area contributed by atoms with Crippen LogP contribution in [0, 0.1) is 3.70 Å². The monoisotopic (exact) mass is 274 g/mol. The van der Waals surface area contributed by atoms with E-state index in [9.17, 15) is 13.2 Å². The van der Waals surface area contributed by atoms with Gasteiger partial charge in [-0.3, -0.25) is 0 Å². The molecule has 0 amide bonds. The molecule has 1 aromatic rings. The standard InChI is InChI=1S/C5H2F3IN2/c6-5(7,8)3-1-4(9)11-10-2-3/h1-2H. The van der Waals surface area contributed by atoms with Gasteiger partial charge in [0.2, 0.25) is 0 Å². The predicted molar refractivity (Wildman–Crippen MR) is 39.8 cm³/mol. The molecule has 2 nitrogen and oxygen atoms in total. The first-order chi connectivity index (χ1) is 5.00. The minimum Gasteiger partial charge on any atom is -0.166 e. The molecule has 11 heavy (non-hydrogen) atoms. The average Bonchev–Trinajstić information content (AvgIpc) is 1.86. The van der Waals surface area contributed by atoms with Crippen LogP contribution in [0.1, 0.15) is 5.56 Å². The summed E-state index contributed by atoms with van der Waals surface area (Å²) in [5.41, 5.74) is -0.767. The molecule has 0 atom stereocenters. The molecule has 6 heteroatoms. The smallest absolute Gasteiger partial charge is 0.166 e. The molecule has 0 aliphatic rings. The van der Waals surface area contributed by atoms with Gasteiger partial charge in [0.25, 0.3) is 0 Å². The Hall–Kier alpha value is -0.400. The van der Waals surface area contributed by atoms with Crippen LogP contribution in [0.3, 0.4) is 0 Å². The zero-order valence-electron chi connectivity index (χ0n) is 5.06. The van der Waals surface area contributed by atoms with Crippen molar-refractivity contribution in [1.29, 1.82) is 0 Å². The van der Waals surface area contributed by atoms with Crippen LogP contribution in [0.5, 0.6) is 0 Å². The second-order valence-corrected chi connectivity index (χ2v) is 2.87. The summed E-state index contributed by atoms with van der Waals surface area (Å²) in [4.78, 5) is 0. The molecular formula is C5H2F3IN2. The minimum absolute atomic E-state index is 0.234. The zero-order chi connectivity index (χ0) is 8.48. The molecule has 1 rings (SSSR count). The molecule has 0 radical (unpaired) electrons. The van der Waals surface area contributed by atoms with Gasteiger partial charge in [-0.25, -0.2) is 0 Å². The predicted octanol–water partition coefficient (Wildman–Crippen LogP) is 2.10. The molecule has 0 saturated carbocycles. The lowest BCUT2D eigenvalue weighted by Gasteiger charge is -2.03. The normalized spacial score (nSPS) is 11.6. The van der Waals surface area contributed by atoms with Crippen molar-refractivity contribution in [3.63, 3.8) is 0 Å². The van der Waals surface area contributed by atoms with Gasteiger partial charge in [0.05, 0.1) is 11.8 Å². The van der Waals surface area contributed by atoms with E-state index in [4.69, 9.17) is 0 Å². The first-order valence-corrected chi connectivity index (χ1v) is 3.63. The lowest BCUT2D eigenvalue weighted by molar-refractivity contribution is -0.138. The third kappa shape index (κ3) is 2.28. The lowest BCUT2D eigenvalue weighted by Crippen LogP contribution is -2.06. The van der Waals surface area contributed by atoms with E-state index in [2.05, 4.69) is 10.2 Å². The van der Waals surface area contributed by atoms with Crippen LogP contribution in [-0.2, 0) is 6.18 Å². The van der Waals surface area contributed by atoms with Crippen LogP contribution in [0.4, 0.5) is 13.2 Å². The van der Waals surface area contributed by atoms with Crippen molar-refractivity contribution in [3.05, 3.63) is 21.5 Å². The van der Waals surface area contributed by atoms with Crippen molar-refractivity contribution in [2.45, 2.75) is 6.18 Å². The van der Waals surface area contributed by atoms with Crippen molar-refractivity contribution >= 4 is 22.6 Å². The third-order valence-electron chi connectivity index (χ3n) is 0.952. The maximum absolute atomic E-state index is 11.9. The van der Waals surface area contributed by atoms with Gasteiger partial charge in [0, 0.05) is 0 Å². The minimum atomic E-state index is -4.32. The van der Waals surface area contributed by atoms with Gasteiger partial charge in [-0.2, -0.15) is 18.3 Å². The topological polar surface area (TPSA) is 25.8 Å². The van der Waals surface area contributed by atoms with Gasteiger partial charge < -0.3 is 0 Å². The molecule has 0 bridgehead atoms. The molecule has 1 aromatic heterocycles. The van der Waals surface area contributed by atoms with Crippen molar-refractivity contribution in [2.75, 3.05) is 0 Å². The Bertz CT molecular complexity index is 260. The summed E-state index contributed by atoms with van der Waals surface area (Å²) in [6.45, 7) is 0. The van der Waals surface area contributed by atoms with Crippen LogP contribution in [0.25, 0.3) is 0 Å². The highest BCUT2D eigenvalue weighted by atomic mass is 127. The van der Waals surface area contributed by atoms with Gasteiger partial charge in [0.15, 0.2) is 0 Å². The fourth-order valence-electron chi connectivity index (χ4n) is 0.496. The first kappa shape index (κ1) is 8.69. The summed E-state index contributed by atoms with van der Waals surface area (Å²) >= 11 is 1.67. The van der Waals surface area contributed by atoms with Gasteiger partial charge in [-0.15, -0.1) is 5.10 Å². The van der Waals surface area contributed by atoms with Crippen LogP contribution in [0.15, 0.2) is 12.3 Å². The van der Waals surface area contributed by atoms with Crippen LogP contribution in [0.2, 0.25) is 0 Å². The second-order valence-electron chi connectivity index (χ2n) is 1.76. The highest BCUT2D eigenvalue weighted by Gasteiger charge is 2.31. The lowest BCUT2D eigenvalue weighted by atomic mass is 10.3. The molecule has 0 aromatic carbocycles. The van der Waals surface area contributed by atoms with E-state index in [0.717, 1.165) is 6.07 Å². The van der Waals surface area contributed by atoms with E-state index in [1.807, 2.05) is 0 Å². The zero-order valence-corrected chi connectivity index (χ0v) is 7.22. The maximum atomic E-state index is 11.9. The number of rotatable bonds is 0. The molecule has 1 heterocycles. The molecule has 0 spiro atoms. The van der Waals surface area contributed by atoms with E-state index in [-0.39, 0.29) is 3.70 Å². The summed E-state index contributed by atoms with van der Waals surface area (Å²) in [6, 6.07) is 0.938. The summed E-state index contributed by atoms with van der Waals surface area (Å²) in [5.74, 6) is 0. The Labute approximate surface area is 74.0 Å². The molecule has 0 aliphatic heterocycles. The van der Waals surface area contributed by atoms with E-state index < -0.39 is 11.7 Å². The Morgan fingerprint density at radius 3 is 2.36 bits per heavy atom. The van der Waals surface area contributed by atoms with E-state index in [1.54, 1.807) is 22.6 Å². The van der Waals surface area contributed by atoms with E-state index >= 15 is 0 Å². The van der Waals surface area contributed by atoms with Crippen LogP contribution >= 0.6 is 22.6 Å². The summed E-state index contributed by atoms with van der Waals surface area (Å²) in [5, 5.41) is 6.56. The van der Waals surface area contributed by atoms with E-state index in [1.165, 1.54) is 0 Å². The summed E-state index contributed by atoms with van der Waals surface area (Å²) in [6.07, 6.45) is -3.63. The second kappa shape index (κ2) is 2.92. The van der Waals surface area contributed by atoms with Crippen molar-refractivity contribution in [2.24, 2.45) is 0 Å². The first-order valence-electron chi connectivity index (χ1n) is 2.55. The van der Waals surface area contributed by atoms with Crippen molar-refractivity contribution in [3.8, 4) is 0 Å². The van der Waals surface area contributed by atoms with Crippen LogP contribution < -0.4 is 0 Å². The Morgan fingerprint density at radius 2 is 2.00 bits per heavy atom. The van der Waals surface area contributed by atoms with Gasteiger partial charge >= 0.3 is 6.18 Å². The van der Waals surface area contributed by atoms with E-state index in [0.29, 0.717) is 6.20 Å². The third-order valence-corrected chi connectivity index (χ3v) is 1.48. The maximum Gasteiger partial charge on any atom is 0.418 e. The number of nitrogens with zero attached hydrogens (tertiary/aromatic N) is 2. The quantitative estimate of drug-likeness (QED) is 0.677. The molecule has 0 fully saturated rings.